The molecule has 0 spiro atoms. The molecule has 2 aromatic carbocycles. The molecule has 0 radical (unpaired) electrons. The van der Waals surface area contributed by atoms with Crippen LogP contribution in [0.15, 0.2) is 52.4 Å². The highest BCUT2D eigenvalue weighted by molar-refractivity contribution is 7.99. The summed E-state index contributed by atoms with van der Waals surface area (Å²) in [6.45, 7) is 7.57. The number of nitrogens with zero attached hydrogens (tertiary/aromatic N) is 2. The van der Waals surface area contributed by atoms with Crippen LogP contribution in [0.5, 0.6) is 0 Å². The van der Waals surface area contributed by atoms with Crippen LogP contribution in [0.3, 0.4) is 0 Å². The van der Waals surface area contributed by atoms with Gasteiger partial charge < -0.3 is 5.11 Å². The second-order valence-corrected chi connectivity index (χ2v) is 7.86. The number of hydrogen-bond acceptors (Lipinski definition) is 4. The predicted molar refractivity (Wildman–Crippen MR) is 104 cm³/mol. The summed E-state index contributed by atoms with van der Waals surface area (Å²) in [5.41, 5.74) is 2.83. The minimum absolute atomic E-state index is 0.0906. The molecule has 0 fully saturated rings. The van der Waals surface area contributed by atoms with Gasteiger partial charge in [0.25, 0.3) is 5.56 Å². The van der Waals surface area contributed by atoms with Gasteiger partial charge in [-0.2, -0.15) is 0 Å². The van der Waals surface area contributed by atoms with E-state index in [0.29, 0.717) is 21.8 Å². The van der Waals surface area contributed by atoms with Crippen LogP contribution in [0.2, 0.25) is 0 Å². The molecule has 0 saturated heterocycles. The number of aryl methyl sites for hydroxylation is 2. The molecule has 0 aliphatic rings. The van der Waals surface area contributed by atoms with Gasteiger partial charge in [0.1, 0.15) is 0 Å². The monoisotopic (exact) mass is 354 g/mol. The zero-order valence-corrected chi connectivity index (χ0v) is 15.7. The molecule has 5 heteroatoms. The minimum Gasteiger partial charge on any atom is -0.390 e. The average Bonchev–Trinajstić information content (AvgIpc) is 2.55. The lowest BCUT2D eigenvalue weighted by atomic mass is 10.1. The van der Waals surface area contributed by atoms with E-state index in [9.17, 15) is 9.90 Å². The Kier molecular flexibility index (Phi) is 4.71. The van der Waals surface area contributed by atoms with Gasteiger partial charge in [0.15, 0.2) is 5.16 Å². The first-order valence-electron chi connectivity index (χ1n) is 8.21. The number of hydrogen-bond donors (Lipinski definition) is 1. The zero-order valence-electron chi connectivity index (χ0n) is 14.9. The number of para-hydroxylation sites is 1. The van der Waals surface area contributed by atoms with E-state index in [1.807, 2.05) is 50.2 Å². The van der Waals surface area contributed by atoms with E-state index < -0.39 is 5.60 Å². The molecule has 3 rings (SSSR count). The van der Waals surface area contributed by atoms with Crippen molar-refractivity contribution in [2.24, 2.45) is 0 Å². The van der Waals surface area contributed by atoms with E-state index in [0.717, 1.165) is 11.3 Å². The van der Waals surface area contributed by atoms with E-state index in [-0.39, 0.29) is 5.56 Å². The molecule has 0 amide bonds. The Morgan fingerprint density at radius 3 is 2.52 bits per heavy atom. The Morgan fingerprint density at radius 2 is 1.84 bits per heavy atom. The summed E-state index contributed by atoms with van der Waals surface area (Å²) >= 11 is 1.39. The molecule has 0 aliphatic carbocycles. The Labute approximate surface area is 151 Å². The smallest absolute Gasteiger partial charge is 0.266 e. The standard InChI is InChI=1S/C20H22N2O2S/c1-13-9-10-15(11-14(13)2)22-18(23)16-7-5-6-8-17(16)21-19(22)25-12-20(3,4)24/h5-11,24H,12H2,1-4H3. The van der Waals surface area contributed by atoms with E-state index in [2.05, 4.69) is 4.98 Å². The largest absolute Gasteiger partial charge is 0.390 e. The van der Waals surface area contributed by atoms with Crippen LogP contribution in [-0.4, -0.2) is 26.0 Å². The van der Waals surface area contributed by atoms with Crippen molar-refractivity contribution in [3.05, 3.63) is 63.9 Å². The molecular weight excluding hydrogens is 332 g/mol. The fraction of sp³-hybridized carbons (Fsp3) is 0.300. The average molecular weight is 354 g/mol. The molecule has 1 aromatic heterocycles. The summed E-state index contributed by atoms with van der Waals surface area (Å²) in [7, 11) is 0. The maximum absolute atomic E-state index is 13.1. The van der Waals surface area contributed by atoms with Crippen molar-refractivity contribution in [3.63, 3.8) is 0 Å². The highest BCUT2D eigenvalue weighted by Gasteiger charge is 2.18. The maximum atomic E-state index is 13.1. The van der Waals surface area contributed by atoms with Crippen LogP contribution >= 0.6 is 11.8 Å². The lowest BCUT2D eigenvalue weighted by molar-refractivity contribution is 0.107. The molecule has 4 nitrogen and oxygen atoms in total. The lowest BCUT2D eigenvalue weighted by Gasteiger charge is -2.19. The molecular formula is C20H22N2O2S. The number of fused-ring (bicyclic) bond motifs is 1. The molecule has 3 aromatic rings. The Hall–Kier alpha value is -2.11. The quantitative estimate of drug-likeness (QED) is 0.571. The van der Waals surface area contributed by atoms with Crippen molar-refractivity contribution >= 4 is 22.7 Å². The van der Waals surface area contributed by atoms with Gasteiger partial charge in [0, 0.05) is 5.75 Å². The fourth-order valence-corrected chi connectivity index (χ4v) is 3.51. The molecule has 0 unspecified atom stereocenters. The second-order valence-electron chi connectivity index (χ2n) is 6.92. The Balaban J connectivity index is 2.24. The topological polar surface area (TPSA) is 55.1 Å². The van der Waals surface area contributed by atoms with Crippen LogP contribution in [0, 0.1) is 13.8 Å². The summed E-state index contributed by atoms with van der Waals surface area (Å²) in [6.07, 6.45) is 0. The lowest BCUT2D eigenvalue weighted by Crippen LogP contribution is -2.25. The molecule has 0 aliphatic heterocycles. The first kappa shape index (κ1) is 17.7. The third kappa shape index (κ3) is 3.78. The molecule has 1 N–H and O–H groups in total. The van der Waals surface area contributed by atoms with Gasteiger partial charge in [-0.25, -0.2) is 4.98 Å². The number of thioether (sulfide) groups is 1. The van der Waals surface area contributed by atoms with E-state index in [4.69, 9.17) is 0 Å². The van der Waals surface area contributed by atoms with E-state index >= 15 is 0 Å². The van der Waals surface area contributed by atoms with Gasteiger partial charge in [0.2, 0.25) is 0 Å². The van der Waals surface area contributed by atoms with Crippen molar-refractivity contribution in [3.8, 4) is 5.69 Å². The summed E-state index contributed by atoms with van der Waals surface area (Å²) in [6, 6.07) is 13.3. The third-order valence-corrected chi connectivity index (χ3v) is 5.43. The second kappa shape index (κ2) is 6.65. The van der Waals surface area contributed by atoms with Crippen LogP contribution in [-0.2, 0) is 0 Å². The van der Waals surface area contributed by atoms with Crippen LogP contribution in [0.25, 0.3) is 16.6 Å². The molecule has 130 valence electrons. The summed E-state index contributed by atoms with van der Waals surface area (Å²) in [5, 5.41) is 11.3. The third-order valence-electron chi connectivity index (χ3n) is 4.05. The summed E-state index contributed by atoms with van der Waals surface area (Å²) in [5.74, 6) is 0.447. The van der Waals surface area contributed by atoms with Crippen molar-refractivity contribution < 1.29 is 5.11 Å². The zero-order chi connectivity index (χ0) is 18.2. The number of benzene rings is 2. The van der Waals surface area contributed by atoms with Crippen molar-refractivity contribution in [1.82, 2.24) is 9.55 Å². The highest BCUT2D eigenvalue weighted by atomic mass is 32.2. The van der Waals surface area contributed by atoms with Gasteiger partial charge in [-0.15, -0.1) is 0 Å². The molecule has 0 bridgehead atoms. The first-order valence-corrected chi connectivity index (χ1v) is 9.19. The molecule has 1 heterocycles. The first-order chi connectivity index (χ1) is 11.8. The van der Waals surface area contributed by atoms with Gasteiger partial charge >= 0.3 is 0 Å². The molecule has 25 heavy (non-hydrogen) atoms. The van der Waals surface area contributed by atoms with Gasteiger partial charge in [-0.1, -0.05) is 30.0 Å². The number of aromatic nitrogens is 2. The van der Waals surface area contributed by atoms with E-state index in [1.54, 1.807) is 24.5 Å². The molecule has 0 saturated carbocycles. The Morgan fingerprint density at radius 1 is 1.12 bits per heavy atom. The van der Waals surface area contributed by atoms with Gasteiger partial charge in [-0.3, -0.25) is 9.36 Å². The van der Waals surface area contributed by atoms with Crippen LogP contribution < -0.4 is 5.56 Å². The van der Waals surface area contributed by atoms with E-state index in [1.165, 1.54) is 17.3 Å². The fourth-order valence-electron chi connectivity index (χ4n) is 2.54. The Bertz CT molecular complexity index is 987. The summed E-state index contributed by atoms with van der Waals surface area (Å²) < 4.78 is 1.64. The summed E-state index contributed by atoms with van der Waals surface area (Å²) in [4.78, 5) is 17.8. The number of rotatable bonds is 4. The number of aliphatic hydroxyl groups is 1. The SMILES string of the molecule is Cc1ccc(-n2c(SCC(C)(C)O)nc3ccccc3c2=O)cc1C. The van der Waals surface area contributed by atoms with Crippen LogP contribution in [0.1, 0.15) is 25.0 Å². The van der Waals surface area contributed by atoms with Crippen molar-refractivity contribution in [1.29, 1.82) is 0 Å². The molecule has 0 atom stereocenters. The highest BCUT2D eigenvalue weighted by Crippen LogP contribution is 2.25. The van der Waals surface area contributed by atoms with Gasteiger partial charge in [0.05, 0.1) is 22.2 Å². The van der Waals surface area contributed by atoms with Crippen molar-refractivity contribution in [2.75, 3.05) is 5.75 Å². The van der Waals surface area contributed by atoms with Crippen molar-refractivity contribution in [2.45, 2.75) is 38.5 Å². The normalized spacial score (nSPS) is 11.9. The van der Waals surface area contributed by atoms with Crippen LogP contribution in [0.4, 0.5) is 0 Å². The van der Waals surface area contributed by atoms with Gasteiger partial charge in [-0.05, 0) is 63.1 Å². The maximum Gasteiger partial charge on any atom is 0.266 e. The minimum atomic E-state index is -0.845. The predicted octanol–water partition coefficient (Wildman–Crippen LogP) is 3.87.